The third kappa shape index (κ3) is 2.96. The van der Waals surface area contributed by atoms with Crippen molar-refractivity contribution < 1.29 is 13.5 Å². The van der Waals surface area contributed by atoms with Crippen molar-refractivity contribution in [2.75, 3.05) is 12.4 Å². The van der Waals surface area contributed by atoms with Gasteiger partial charge in [0.15, 0.2) is 16.1 Å². The van der Waals surface area contributed by atoms with Gasteiger partial charge in [0.2, 0.25) is 0 Å². The van der Waals surface area contributed by atoms with Crippen LogP contribution in [0.1, 0.15) is 10.4 Å². The van der Waals surface area contributed by atoms with E-state index < -0.39 is 11.6 Å². The summed E-state index contributed by atoms with van der Waals surface area (Å²) < 4.78 is 32.8. The maximum Gasteiger partial charge on any atom is 0.183 e. The van der Waals surface area contributed by atoms with Gasteiger partial charge in [0.1, 0.15) is 5.75 Å². The van der Waals surface area contributed by atoms with Gasteiger partial charge in [-0.3, -0.25) is 0 Å². The third-order valence-electron chi connectivity index (χ3n) is 2.60. The molecule has 0 spiro atoms. The van der Waals surface area contributed by atoms with Crippen molar-refractivity contribution in [3.63, 3.8) is 0 Å². The minimum atomic E-state index is -0.922. The molecule has 1 aromatic carbocycles. The summed E-state index contributed by atoms with van der Waals surface area (Å²) in [6.07, 6.45) is 1.58. The number of aromatic nitrogens is 1. The Balaban J connectivity index is 2.22. The van der Waals surface area contributed by atoms with Crippen molar-refractivity contribution in [3.8, 4) is 5.75 Å². The summed E-state index contributed by atoms with van der Waals surface area (Å²) in [6.45, 7) is 1.77. The van der Waals surface area contributed by atoms with E-state index in [2.05, 4.69) is 10.3 Å². The number of hydrogen-bond acceptors (Lipinski definition) is 4. The van der Waals surface area contributed by atoms with Gasteiger partial charge in [0.25, 0.3) is 0 Å². The second-order valence-corrected chi connectivity index (χ2v) is 5.51. The fourth-order valence-electron chi connectivity index (χ4n) is 1.58. The van der Waals surface area contributed by atoms with E-state index in [9.17, 15) is 8.78 Å². The van der Waals surface area contributed by atoms with Crippen LogP contribution in [0.3, 0.4) is 0 Å². The monoisotopic (exact) mass is 304 g/mol. The molecule has 1 aromatic heterocycles. The van der Waals surface area contributed by atoms with E-state index in [0.29, 0.717) is 16.8 Å². The predicted molar refractivity (Wildman–Crippen MR) is 72.1 cm³/mol. The quantitative estimate of drug-likeness (QED) is 0.927. The Kier molecular flexibility index (Phi) is 4.21. The van der Waals surface area contributed by atoms with Crippen LogP contribution in [0.5, 0.6) is 5.75 Å². The van der Waals surface area contributed by atoms with Crippen molar-refractivity contribution in [1.29, 1.82) is 0 Å². The molecular formula is C12H11ClF2N2OS. The molecule has 2 aromatic rings. The lowest BCUT2D eigenvalue weighted by atomic mass is 10.1. The first-order valence-electron chi connectivity index (χ1n) is 5.39. The van der Waals surface area contributed by atoms with Crippen LogP contribution in [0.2, 0.25) is 4.47 Å². The minimum absolute atomic E-state index is 0.0458. The van der Waals surface area contributed by atoms with Crippen LogP contribution in [0.25, 0.3) is 0 Å². The number of rotatable bonds is 4. The minimum Gasteiger partial charge on any atom is -0.496 e. The smallest absolute Gasteiger partial charge is 0.183 e. The molecular weight excluding hydrogens is 294 g/mol. The highest BCUT2D eigenvalue weighted by Gasteiger charge is 2.16. The maximum atomic E-state index is 13.8. The van der Waals surface area contributed by atoms with E-state index in [1.54, 1.807) is 6.20 Å². The Hall–Kier alpha value is -1.40. The second-order valence-electron chi connectivity index (χ2n) is 3.81. The largest absolute Gasteiger partial charge is 0.496 e. The molecule has 0 unspecified atom stereocenters. The molecule has 1 heterocycles. The van der Waals surface area contributed by atoms with E-state index in [4.69, 9.17) is 16.3 Å². The van der Waals surface area contributed by atoms with Gasteiger partial charge in [-0.15, -0.1) is 11.3 Å². The Morgan fingerprint density at radius 1 is 1.42 bits per heavy atom. The third-order valence-corrected chi connectivity index (χ3v) is 3.72. The zero-order valence-corrected chi connectivity index (χ0v) is 11.8. The van der Waals surface area contributed by atoms with Gasteiger partial charge in [-0.2, -0.15) is 0 Å². The van der Waals surface area contributed by atoms with E-state index in [0.717, 1.165) is 4.88 Å². The van der Waals surface area contributed by atoms with Gasteiger partial charge in [-0.25, -0.2) is 13.8 Å². The Labute approximate surface area is 118 Å². The van der Waals surface area contributed by atoms with Crippen molar-refractivity contribution in [2.45, 2.75) is 13.5 Å². The van der Waals surface area contributed by atoms with Crippen molar-refractivity contribution >= 4 is 28.6 Å². The molecule has 19 heavy (non-hydrogen) atoms. The number of ether oxygens (including phenoxy) is 1. The highest BCUT2D eigenvalue weighted by atomic mass is 35.5. The van der Waals surface area contributed by atoms with Crippen LogP contribution < -0.4 is 10.1 Å². The number of halogens is 3. The summed E-state index contributed by atoms with van der Waals surface area (Å²) in [4.78, 5) is 4.69. The highest BCUT2D eigenvalue weighted by Crippen LogP contribution is 2.30. The molecule has 3 nitrogen and oxygen atoms in total. The first-order chi connectivity index (χ1) is 9.02. The van der Waals surface area contributed by atoms with Crippen molar-refractivity contribution in [2.24, 2.45) is 0 Å². The number of nitrogens with one attached hydrogen (secondary N) is 1. The summed E-state index contributed by atoms with van der Waals surface area (Å²) in [5.74, 6) is -1.54. The standard InChI is InChI=1S/C12H11ClF2N2OS/c1-6-9(18-2)3-8(11(15)10(6)14)16-4-7-5-17-12(13)19-7/h3,5,16H,4H2,1-2H3. The van der Waals surface area contributed by atoms with Crippen LogP contribution in [-0.2, 0) is 6.54 Å². The summed E-state index contributed by atoms with van der Waals surface area (Å²) in [5.41, 5.74) is 0.191. The number of hydrogen-bond donors (Lipinski definition) is 1. The number of thiazole rings is 1. The van der Waals surface area contributed by atoms with E-state index in [1.807, 2.05) is 0 Å². The molecule has 0 radical (unpaired) electrons. The SMILES string of the molecule is COc1cc(NCc2cnc(Cl)s2)c(F)c(F)c1C. The molecule has 0 aliphatic carbocycles. The van der Waals surface area contributed by atoms with Crippen molar-refractivity contribution in [3.05, 3.63) is 38.8 Å². The number of methoxy groups -OCH3 is 1. The average molecular weight is 305 g/mol. The van der Waals surface area contributed by atoms with Gasteiger partial charge < -0.3 is 10.1 Å². The normalized spacial score (nSPS) is 10.6. The maximum absolute atomic E-state index is 13.8. The number of anilines is 1. The first-order valence-corrected chi connectivity index (χ1v) is 6.59. The lowest BCUT2D eigenvalue weighted by Gasteiger charge is -2.12. The van der Waals surface area contributed by atoms with Gasteiger partial charge in [0, 0.05) is 22.7 Å². The van der Waals surface area contributed by atoms with Gasteiger partial charge in [0.05, 0.1) is 19.3 Å². The van der Waals surface area contributed by atoms with E-state index in [-0.39, 0.29) is 11.3 Å². The number of nitrogens with zero attached hydrogens (tertiary/aromatic N) is 1. The Morgan fingerprint density at radius 3 is 2.74 bits per heavy atom. The fraction of sp³-hybridized carbons (Fsp3) is 0.250. The first kappa shape index (κ1) is 14.0. The lowest BCUT2D eigenvalue weighted by molar-refractivity contribution is 0.402. The van der Waals surface area contributed by atoms with Crippen LogP contribution >= 0.6 is 22.9 Å². The average Bonchev–Trinajstić information content (AvgIpc) is 2.81. The highest BCUT2D eigenvalue weighted by molar-refractivity contribution is 7.15. The van der Waals surface area contributed by atoms with Crippen LogP contribution in [0, 0.1) is 18.6 Å². The fourth-order valence-corrected chi connectivity index (χ4v) is 2.50. The van der Waals surface area contributed by atoms with Gasteiger partial charge >= 0.3 is 0 Å². The molecule has 0 aliphatic heterocycles. The molecule has 0 atom stereocenters. The lowest BCUT2D eigenvalue weighted by Crippen LogP contribution is -2.04. The van der Waals surface area contributed by atoms with E-state index >= 15 is 0 Å². The second kappa shape index (κ2) is 5.71. The van der Waals surface area contributed by atoms with Crippen LogP contribution in [0.15, 0.2) is 12.3 Å². The summed E-state index contributed by atoms with van der Waals surface area (Å²) in [7, 11) is 1.41. The summed E-state index contributed by atoms with van der Waals surface area (Å²) >= 11 is 6.97. The molecule has 102 valence electrons. The summed E-state index contributed by atoms with van der Waals surface area (Å²) in [5, 5.41) is 2.80. The van der Waals surface area contributed by atoms with Crippen LogP contribution in [-0.4, -0.2) is 12.1 Å². The molecule has 2 rings (SSSR count). The summed E-state index contributed by atoms with van der Waals surface area (Å²) in [6, 6.07) is 1.43. The molecule has 0 bridgehead atoms. The van der Waals surface area contributed by atoms with Gasteiger partial charge in [-0.1, -0.05) is 11.6 Å². The molecule has 0 amide bonds. The molecule has 0 fully saturated rings. The Morgan fingerprint density at radius 2 is 2.16 bits per heavy atom. The van der Waals surface area contributed by atoms with E-state index in [1.165, 1.54) is 31.4 Å². The molecule has 0 saturated heterocycles. The predicted octanol–water partition coefficient (Wildman–Crippen LogP) is 4.00. The number of benzene rings is 1. The van der Waals surface area contributed by atoms with Crippen molar-refractivity contribution in [1.82, 2.24) is 4.98 Å². The van der Waals surface area contributed by atoms with Gasteiger partial charge in [-0.05, 0) is 6.92 Å². The zero-order chi connectivity index (χ0) is 14.0. The molecule has 0 saturated carbocycles. The molecule has 7 heteroatoms. The topological polar surface area (TPSA) is 34.1 Å². The molecule has 0 aliphatic rings. The van der Waals surface area contributed by atoms with Crippen LogP contribution in [0.4, 0.5) is 14.5 Å². The zero-order valence-electron chi connectivity index (χ0n) is 10.3. The Bertz CT molecular complexity index is 604. The molecule has 1 N–H and O–H groups in total.